The highest BCUT2D eigenvalue weighted by atomic mass is 19.3. The highest BCUT2D eigenvalue weighted by Crippen LogP contribution is 2.33. The van der Waals surface area contributed by atoms with Crippen LogP contribution in [0.2, 0.25) is 0 Å². The summed E-state index contributed by atoms with van der Waals surface area (Å²) in [7, 11) is 0. The quantitative estimate of drug-likeness (QED) is 0.587. The van der Waals surface area contributed by atoms with Crippen LogP contribution in [0.5, 0.6) is 5.75 Å². The summed E-state index contributed by atoms with van der Waals surface area (Å²) in [4.78, 5) is 9.68. The van der Waals surface area contributed by atoms with Gasteiger partial charge in [-0.15, -0.1) is 0 Å². The lowest BCUT2D eigenvalue weighted by atomic mass is 10.1. The zero-order valence-corrected chi connectivity index (χ0v) is 8.11. The van der Waals surface area contributed by atoms with Crippen molar-refractivity contribution in [1.82, 2.24) is 0 Å². The zero-order valence-electron chi connectivity index (χ0n) is 8.11. The van der Waals surface area contributed by atoms with Crippen LogP contribution in [-0.4, -0.2) is 11.5 Å². The molecule has 0 aliphatic heterocycles. The lowest BCUT2D eigenvalue weighted by molar-refractivity contribution is -0.386. The molecule has 0 atom stereocenters. The van der Waals surface area contributed by atoms with E-state index < -0.39 is 23.0 Å². The Bertz CT molecular complexity index is 469. The summed E-state index contributed by atoms with van der Waals surface area (Å²) in [6.45, 7) is -1.74. The van der Waals surface area contributed by atoms with Gasteiger partial charge in [0, 0.05) is 6.07 Å². The van der Waals surface area contributed by atoms with E-state index in [-0.39, 0.29) is 5.56 Å². The van der Waals surface area contributed by atoms with E-state index in [4.69, 9.17) is 5.26 Å². The molecule has 1 rings (SSSR count). The Balaban J connectivity index is 3.42. The number of aryl methyl sites for hydroxylation is 1. The second kappa shape index (κ2) is 4.53. The van der Waals surface area contributed by atoms with E-state index >= 15 is 0 Å². The van der Waals surface area contributed by atoms with E-state index in [0.717, 1.165) is 6.07 Å². The normalized spacial score (nSPS) is 9.94. The van der Waals surface area contributed by atoms with Gasteiger partial charge in [0.25, 0.3) is 0 Å². The van der Waals surface area contributed by atoms with Crippen molar-refractivity contribution in [2.75, 3.05) is 0 Å². The summed E-state index contributed by atoms with van der Waals surface area (Å²) in [5.41, 5.74) is -0.569. The Hall–Kier alpha value is -2.23. The Kier molecular flexibility index (Phi) is 3.35. The summed E-state index contributed by atoms with van der Waals surface area (Å²) in [6.07, 6.45) is 0. The van der Waals surface area contributed by atoms with Gasteiger partial charge in [-0.2, -0.15) is 14.0 Å². The molecule has 0 unspecified atom stereocenters. The maximum absolute atomic E-state index is 12.1. The van der Waals surface area contributed by atoms with Gasteiger partial charge in [0.1, 0.15) is 11.6 Å². The van der Waals surface area contributed by atoms with E-state index in [1.165, 1.54) is 13.0 Å². The predicted octanol–water partition coefficient (Wildman–Crippen LogP) is 2.38. The Morgan fingerprint density at radius 2 is 2.19 bits per heavy atom. The molecule has 16 heavy (non-hydrogen) atoms. The smallest absolute Gasteiger partial charge is 0.387 e. The Labute approximate surface area is 89.0 Å². The third kappa shape index (κ3) is 2.23. The Morgan fingerprint density at radius 3 is 2.62 bits per heavy atom. The van der Waals surface area contributed by atoms with Crippen LogP contribution in [0.1, 0.15) is 11.1 Å². The van der Waals surface area contributed by atoms with Crippen LogP contribution in [0.15, 0.2) is 12.1 Å². The van der Waals surface area contributed by atoms with Gasteiger partial charge in [0.05, 0.1) is 4.92 Å². The first kappa shape index (κ1) is 11.8. The second-order valence-electron chi connectivity index (χ2n) is 2.85. The van der Waals surface area contributed by atoms with Crippen LogP contribution in [0.3, 0.4) is 0 Å². The van der Waals surface area contributed by atoms with Gasteiger partial charge in [-0.3, -0.25) is 10.1 Å². The van der Waals surface area contributed by atoms with E-state index in [2.05, 4.69) is 4.74 Å². The maximum Gasteiger partial charge on any atom is 0.387 e. The van der Waals surface area contributed by atoms with Gasteiger partial charge >= 0.3 is 12.3 Å². The summed E-state index contributed by atoms with van der Waals surface area (Å²) in [5.74, 6) is -0.692. The standard InChI is InChI=1S/C9H6F2N2O3/c1-5-2-3-7(13(14)15)8(6(5)4-12)16-9(10)11/h2-3,9H,1H3. The molecule has 0 heterocycles. The number of rotatable bonds is 3. The van der Waals surface area contributed by atoms with Crippen LogP contribution in [0.4, 0.5) is 14.5 Å². The maximum atomic E-state index is 12.1. The van der Waals surface area contributed by atoms with E-state index in [9.17, 15) is 18.9 Å². The molecule has 0 fully saturated rings. The molecular weight excluding hydrogens is 222 g/mol. The zero-order chi connectivity index (χ0) is 12.3. The molecule has 0 saturated heterocycles. The molecule has 0 radical (unpaired) electrons. The molecule has 0 aliphatic carbocycles. The summed E-state index contributed by atoms with van der Waals surface area (Å²) >= 11 is 0. The number of benzene rings is 1. The average molecular weight is 228 g/mol. The second-order valence-corrected chi connectivity index (χ2v) is 2.85. The number of hydrogen-bond donors (Lipinski definition) is 0. The van der Waals surface area contributed by atoms with Gasteiger partial charge in [0.15, 0.2) is 0 Å². The monoisotopic (exact) mass is 228 g/mol. The number of ether oxygens (including phenoxy) is 1. The first-order chi connectivity index (χ1) is 7.47. The van der Waals surface area contributed by atoms with E-state index in [1.54, 1.807) is 6.07 Å². The van der Waals surface area contributed by atoms with Crippen molar-refractivity contribution in [3.8, 4) is 11.8 Å². The van der Waals surface area contributed by atoms with E-state index in [1.807, 2.05) is 0 Å². The van der Waals surface area contributed by atoms with Crippen LogP contribution in [0.25, 0.3) is 0 Å². The molecule has 0 aliphatic rings. The van der Waals surface area contributed by atoms with Gasteiger partial charge in [-0.1, -0.05) is 6.07 Å². The fraction of sp³-hybridized carbons (Fsp3) is 0.222. The number of nitriles is 1. The lowest BCUT2D eigenvalue weighted by Crippen LogP contribution is -2.07. The topological polar surface area (TPSA) is 76.2 Å². The fourth-order valence-corrected chi connectivity index (χ4v) is 1.16. The lowest BCUT2D eigenvalue weighted by Gasteiger charge is -2.08. The van der Waals surface area contributed by atoms with Crippen LogP contribution < -0.4 is 4.74 Å². The number of nitro benzene ring substituents is 1. The largest absolute Gasteiger partial charge is 0.426 e. The first-order valence-electron chi connectivity index (χ1n) is 4.10. The SMILES string of the molecule is Cc1ccc([N+](=O)[O-])c(OC(F)F)c1C#N. The number of nitro groups is 1. The molecule has 84 valence electrons. The summed E-state index contributed by atoms with van der Waals surface area (Å²) in [6, 6.07) is 3.92. The molecule has 1 aromatic carbocycles. The first-order valence-corrected chi connectivity index (χ1v) is 4.10. The minimum absolute atomic E-state index is 0.255. The van der Waals surface area contributed by atoms with Crippen molar-refractivity contribution in [2.24, 2.45) is 0 Å². The van der Waals surface area contributed by atoms with E-state index in [0.29, 0.717) is 5.56 Å². The molecule has 0 saturated carbocycles. The molecule has 0 N–H and O–H groups in total. The molecular formula is C9H6F2N2O3. The predicted molar refractivity (Wildman–Crippen MR) is 49.2 cm³/mol. The van der Waals surface area contributed by atoms with Gasteiger partial charge in [-0.25, -0.2) is 0 Å². The number of halogens is 2. The average Bonchev–Trinajstić information content (AvgIpc) is 2.16. The molecule has 0 bridgehead atoms. The molecule has 0 amide bonds. The van der Waals surface area contributed by atoms with Crippen molar-refractivity contribution in [3.63, 3.8) is 0 Å². The minimum atomic E-state index is -3.22. The van der Waals surface area contributed by atoms with Gasteiger partial charge < -0.3 is 4.74 Å². The van der Waals surface area contributed by atoms with Crippen molar-refractivity contribution in [1.29, 1.82) is 5.26 Å². The fourth-order valence-electron chi connectivity index (χ4n) is 1.16. The molecule has 0 aromatic heterocycles. The van der Waals surface area contributed by atoms with Crippen molar-refractivity contribution < 1.29 is 18.4 Å². The summed E-state index contributed by atoms with van der Waals surface area (Å²) in [5, 5.41) is 19.3. The minimum Gasteiger partial charge on any atom is -0.426 e. The van der Waals surface area contributed by atoms with Crippen LogP contribution >= 0.6 is 0 Å². The van der Waals surface area contributed by atoms with Crippen LogP contribution in [-0.2, 0) is 0 Å². The molecule has 0 spiro atoms. The highest BCUT2D eigenvalue weighted by molar-refractivity contribution is 5.59. The van der Waals surface area contributed by atoms with Crippen molar-refractivity contribution in [3.05, 3.63) is 33.4 Å². The number of hydrogen-bond acceptors (Lipinski definition) is 4. The molecule has 5 nitrogen and oxygen atoms in total. The third-order valence-corrected chi connectivity index (χ3v) is 1.86. The van der Waals surface area contributed by atoms with Gasteiger partial charge in [-0.05, 0) is 12.5 Å². The number of alkyl halides is 2. The Morgan fingerprint density at radius 1 is 1.56 bits per heavy atom. The highest BCUT2D eigenvalue weighted by Gasteiger charge is 2.23. The summed E-state index contributed by atoms with van der Waals surface area (Å²) < 4.78 is 28.1. The number of nitrogens with zero attached hydrogens (tertiary/aromatic N) is 2. The van der Waals surface area contributed by atoms with Gasteiger partial charge in [0.2, 0.25) is 5.75 Å². The van der Waals surface area contributed by atoms with Crippen molar-refractivity contribution in [2.45, 2.75) is 13.5 Å². The van der Waals surface area contributed by atoms with Crippen LogP contribution in [0, 0.1) is 28.4 Å². The molecule has 7 heteroatoms. The molecule has 1 aromatic rings. The third-order valence-electron chi connectivity index (χ3n) is 1.86. The van der Waals surface area contributed by atoms with Crippen molar-refractivity contribution >= 4 is 5.69 Å².